The molecule has 0 radical (unpaired) electrons. The van der Waals surface area contributed by atoms with E-state index in [2.05, 4.69) is 45.0 Å². The molecule has 1 aliphatic heterocycles. The van der Waals surface area contributed by atoms with Crippen molar-refractivity contribution in [1.82, 2.24) is 4.90 Å². The van der Waals surface area contributed by atoms with Gasteiger partial charge in [0.1, 0.15) is 11.6 Å². The average molecular weight is 466 g/mol. The Morgan fingerprint density at radius 2 is 1.76 bits per heavy atom. The summed E-state index contributed by atoms with van der Waals surface area (Å²) in [5.41, 5.74) is 4.57. The molecule has 4 rings (SSSR count). The van der Waals surface area contributed by atoms with Crippen LogP contribution in [0.15, 0.2) is 29.6 Å². The Kier molecular flexibility index (Phi) is 6.66. The molecule has 1 saturated carbocycles. The minimum absolute atomic E-state index is 0.0398. The largest absolute Gasteiger partial charge is 0.323 e. The Labute approximate surface area is 199 Å². The van der Waals surface area contributed by atoms with E-state index in [1.54, 1.807) is 4.90 Å². The maximum absolute atomic E-state index is 12.9. The summed E-state index contributed by atoms with van der Waals surface area (Å²) in [5.74, 6) is -0.0833. The Hall–Kier alpha value is -2.60. The first-order valence-corrected chi connectivity index (χ1v) is 12.6. The summed E-state index contributed by atoms with van der Waals surface area (Å²) in [6.07, 6.45) is 3.02. The number of fused-ring (bicyclic) bond motifs is 1. The van der Waals surface area contributed by atoms with E-state index in [4.69, 9.17) is 0 Å². The second-order valence-corrected chi connectivity index (χ2v) is 11.1. The van der Waals surface area contributed by atoms with Crippen molar-refractivity contribution in [2.75, 3.05) is 0 Å². The molecule has 2 aromatic rings. The molecule has 0 unspecified atom stereocenters. The zero-order valence-electron chi connectivity index (χ0n) is 19.6. The number of hydrogen-bond acceptors (Lipinski definition) is 5. The van der Waals surface area contributed by atoms with Crippen LogP contribution in [-0.4, -0.2) is 34.2 Å². The molecule has 6 heteroatoms. The first-order valence-electron chi connectivity index (χ1n) is 11.7. The number of carbonyl (C=O) groups is 4. The Morgan fingerprint density at radius 3 is 2.42 bits per heavy atom. The second-order valence-electron chi connectivity index (χ2n) is 10.2. The lowest BCUT2D eigenvalue weighted by Crippen LogP contribution is -2.44. The van der Waals surface area contributed by atoms with Crippen LogP contribution >= 0.6 is 11.3 Å². The number of aryl methyl sites for hydroxylation is 2. The lowest BCUT2D eigenvalue weighted by Gasteiger charge is -2.29. The van der Waals surface area contributed by atoms with Crippen LogP contribution in [0.1, 0.15) is 84.8 Å². The van der Waals surface area contributed by atoms with Crippen molar-refractivity contribution in [3.63, 3.8) is 0 Å². The van der Waals surface area contributed by atoms with E-state index >= 15 is 0 Å². The Morgan fingerprint density at radius 1 is 1.06 bits per heavy atom. The normalized spacial score (nSPS) is 18.7. The summed E-state index contributed by atoms with van der Waals surface area (Å²) in [6.45, 7) is 6.97. The molecule has 1 aromatic heterocycles. The van der Waals surface area contributed by atoms with Gasteiger partial charge in [0.05, 0.1) is 17.3 Å². The minimum Gasteiger partial charge on any atom is -0.323 e. The van der Waals surface area contributed by atoms with Gasteiger partial charge in [0.15, 0.2) is 5.78 Å². The number of nitrogens with zero attached hydrogens (tertiary/aromatic N) is 1. The van der Waals surface area contributed by atoms with Gasteiger partial charge in [0.25, 0.3) is 5.91 Å². The molecular weight excluding hydrogens is 434 g/mol. The molecule has 1 aliphatic carbocycles. The standard InChI is InChI=1S/C27H31NO4S/c1-27(2,3)19-8-4-17(5-9-19)6-10-20(29)11-7-18-16-33-25-22(18)15-28(26(25)32)23-13-12-21(30)14-24(23)31/h4-5,8-9,16,23H,6-7,10-15H2,1-3H3/t23-/m0/s1. The van der Waals surface area contributed by atoms with E-state index in [1.807, 2.05) is 5.38 Å². The van der Waals surface area contributed by atoms with Crippen LogP contribution in [0, 0.1) is 0 Å². The van der Waals surface area contributed by atoms with Gasteiger partial charge in [-0.25, -0.2) is 0 Å². The maximum atomic E-state index is 12.9. The van der Waals surface area contributed by atoms with Crippen molar-refractivity contribution in [1.29, 1.82) is 0 Å². The molecule has 0 spiro atoms. The van der Waals surface area contributed by atoms with Gasteiger partial charge in [-0.15, -0.1) is 11.3 Å². The highest BCUT2D eigenvalue weighted by atomic mass is 32.1. The van der Waals surface area contributed by atoms with Crippen molar-refractivity contribution in [3.05, 3.63) is 56.8 Å². The predicted octanol–water partition coefficient (Wildman–Crippen LogP) is 4.83. The summed E-state index contributed by atoms with van der Waals surface area (Å²) in [5, 5.41) is 1.98. The number of carbonyl (C=O) groups excluding carboxylic acids is 4. The van der Waals surface area contributed by atoms with E-state index in [1.165, 1.54) is 22.5 Å². The molecule has 0 bridgehead atoms. The zero-order valence-corrected chi connectivity index (χ0v) is 20.4. The number of amides is 1. The van der Waals surface area contributed by atoms with Gasteiger partial charge in [-0.3, -0.25) is 19.2 Å². The molecule has 0 N–H and O–H groups in total. The minimum atomic E-state index is -0.492. The van der Waals surface area contributed by atoms with Gasteiger partial charge >= 0.3 is 0 Å². The first kappa shape index (κ1) is 23.6. The van der Waals surface area contributed by atoms with Gasteiger partial charge in [-0.1, -0.05) is 45.0 Å². The molecule has 1 atom stereocenters. The zero-order chi connectivity index (χ0) is 23.8. The summed E-state index contributed by atoms with van der Waals surface area (Å²) in [6, 6.07) is 8.02. The van der Waals surface area contributed by atoms with Crippen molar-refractivity contribution in [2.45, 2.75) is 83.7 Å². The summed E-state index contributed by atoms with van der Waals surface area (Å²) in [7, 11) is 0. The SMILES string of the molecule is CC(C)(C)c1ccc(CCC(=O)CCc2csc3c2CN([C@H]2CCC(=O)CC2=O)C3=O)cc1. The molecule has 1 aromatic carbocycles. The van der Waals surface area contributed by atoms with Crippen LogP contribution in [0.2, 0.25) is 0 Å². The maximum Gasteiger partial charge on any atom is 0.265 e. The van der Waals surface area contributed by atoms with Crippen LogP contribution in [0.3, 0.4) is 0 Å². The molecule has 2 aliphatic rings. The fraction of sp³-hybridized carbons (Fsp3) is 0.481. The Balaban J connectivity index is 1.31. The van der Waals surface area contributed by atoms with Crippen LogP contribution < -0.4 is 0 Å². The van der Waals surface area contributed by atoms with Crippen molar-refractivity contribution >= 4 is 34.6 Å². The molecule has 0 saturated heterocycles. The van der Waals surface area contributed by atoms with E-state index in [0.717, 1.165) is 17.5 Å². The van der Waals surface area contributed by atoms with Gasteiger partial charge in [-0.2, -0.15) is 0 Å². The average Bonchev–Trinajstić information content (AvgIpc) is 3.30. The highest BCUT2D eigenvalue weighted by molar-refractivity contribution is 7.12. The van der Waals surface area contributed by atoms with Crippen LogP contribution in [-0.2, 0) is 39.2 Å². The van der Waals surface area contributed by atoms with Crippen molar-refractivity contribution in [2.24, 2.45) is 0 Å². The summed E-state index contributed by atoms with van der Waals surface area (Å²) < 4.78 is 0. The fourth-order valence-electron chi connectivity index (χ4n) is 4.65. The van der Waals surface area contributed by atoms with E-state index in [0.29, 0.717) is 43.5 Å². The van der Waals surface area contributed by atoms with E-state index in [-0.39, 0.29) is 35.1 Å². The third-order valence-electron chi connectivity index (χ3n) is 6.77. The third-order valence-corrected chi connectivity index (χ3v) is 7.82. The molecule has 174 valence electrons. The van der Waals surface area contributed by atoms with Crippen molar-refractivity contribution < 1.29 is 19.2 Å². The number of hydrogen-bond donors (Lipinski definition) is 0. The Bertz CT molecular complexity index is 1090. The van der Waals surface area contributed by atoms with Crippen LogP contribution in [0.5, 0.6) is 0 Å². The lowest BCUT2D eigenvalue weighted by atomic mass is 9.86. The number of thiophene rings is 1. The number of rotatable bonds is 7. The summed E-state index contributed by atoms with van der Waals surface area (Å²) >= 11 is 1.40. The highest BCUT2D eigenvalue weighted by Gasteiger charge is 2.40. The van der Waals surface area contributed by atoms with Gasteiger partial charge < -0.3 is 4.90 Å². The van der Waals surface area contributed by atoms with Gasteiger partial charge in [0.2, 0.25) is 0 Å². The molecule has 2 heterocycles. The molecule has 33 heavy (non-hydrogen) atoms. The van der Waals surface area contributed by atoms with Gasteiger partial charge in [0, 0.05) is 25.8 Å². The first-order chi connectivity index (χ1) is 15.6. The highest BCUT2D eigenvalue weighted by Crippen LogP contribution is 2.35. The fourth-order valence-corrected chi connectivity index (χ4v) is 5.72. The molecular formula is C27H31NO4S. The monoisotopic (exact) mass is 465 g/mol. The molecule has 1 fully saturated rings. The molecule has 1 amide bonds. The second kappa shape index (κ2) is 9.34. The van der Waals surface area contributed by atoms with E-state index in [9.17, 15) is 19.2 Å². The van der Waals surface area contributed by atoms with Crippen LogP contribution in [0.25, 0.3) is 0 Å². The number of benzene rings is 1. The summed E-state index contributed by atoms with van der Waals surface area (Å²) in [4.78, 5) is 51.5. The topological polar surface area (TPSA) is 71.5 Å². The smallest absolute Gasteiger partial charge is 0.265 e. The molecule has 5 nitrogen and oxygen atoms in total. The van der Waals surface area contributed by atoms with E-state index < -0.39 is 6.04 Å². The van der Waals surface area contributed by atoms with Crippen molar-refractivity contribution in [3.8, 4) is 0 Å². The quantitative estimate of drug-likeness (QED) is 0.549. The van der Waals surface area contributed by atoms with Gasteiger partial charge in [-0.05, 0) is 52.3 Å². The lowest BCUT2D eigenvalue weighted by molar-refractivity contribution is -0.133. The van der Waals surface area contributed by atoms with Crippen LogP contribution in [0.4, 0.5) is 0 Å². The number of ketones is 3. The predicted molar refractivity (Wildman–Crippen MR) is 129 cm³/mol. The number of Topliss-reactive ketones (excluding diaryl/α,β-unsaturated/α-hetero) is 3. The third kappa shape index (κ3) is 5.16.